The summed E-state index contributed by atoms with van der Waals surface area (Å²) >= 11 is 1.50. The van der Waals surface area contributed by atoms with E-state index >= 15 is 0 Å². The Hall–Kier alpha value is -7.41. The minimum atomic E-state index is -0.258. The molecule has 15 rings (SSSR count). The number of fused-ring (bicyclic) bond motifs is 8. The number of hydrogen-bond donors (Lipinski definition) is 0. The van der Waals surface area contributed by atoms with Crippen molar-refractivity contribution in [3.05, 3.63) is 206 Å². The van der Waals surface area contributed by atoms with Crippen molar-refractivity contribution in [2.45, 2.75) is 0 Å². The number of ether oxygens (including phenoxy) is 4. The normalized spacial score (nSPS) is 12.7. The van der Waals surface area contributed by atoms with Crippen LogP contribution in [0.4, 0.5) is 0 Å². The molecule has 0 bridgehead atoms. The molecule has 4 aliphatic heterocycles. The number of rotatable bonds is 6. The van der Waals surface area contributed by atoms with Crippen LogP contribution in [0.2, 0.25) is 0 Å². The van der Waals surface area contributed by atoms with Gasteiger partial charge in [0.2, 0.25) is 13.4 Å². The summed E-state index contributed by atoms with van der Waals surface area (Å²) in [6, 6.07) is 67.1. The fourth-order valence-electron chi connectivity index (χ4n) is 10.0. The summed E-state index contributed by atoms with van der Waals surface area (Å²) in [7, 11) is 0. The van der Waals surface area contributed by atoms with Crippen LogP contribution in [0.15, 0.2) is 170 Å². The van der Waals surface area contributed by atoms with Crippen LogP contribution in [-0.2, 0) is 42.1 Å². The van der Waals surface area contributed by atoms with E-state index in [2.05, 4.69) is 60.0 Å². The molecule has 3 aromatic heterocycles. The van der Waals surface area contributed by atoms with Gasteiger partial charge in [0.25, 0.3) is 0 Å². The van der Waals surface area contributed by atoms with Gasteiger partial charge in [-0.2, -0.15) is 32.8 Å². The van der Waals surface area contributed by atoms with Crippen molar-refractivity contribution in [2.75, 3.05) is 0 Å². The maximum atomic E-state index is 6.57. The molecule has 0 saturated carbocycles. The summed E-state index contributed by atoms with van der Waals surface area (Å²) in [6.45, 7) is -0.511. The quantitative estimate of drug-likeness (QED) is 0.122. The zero-order valence-corrected chi connectivity index (χ0v) is 42.1. The number of nitrogens with zero attached hydrogens (tertiary/aromatic N) is 4. The first-order chi connectivity index (χ1) is 34.1. The fraction of sp³-hybridized carbons (Fsp3) is 0. The van der Waals surface area contributed by atoms with E-state index in [0.717, 1.165) is 134 Å². The van der Waals surface area contributed by atoms with Crippen molar-refractivity contribution in [3.8, 4) is 101 Å². The molecule has 4 aliphatic rings. The Morgan fingerprint density at radius 2 is 0.817 bits per heavy atom. The third kappa shape index (κ3) is 7.12. The van der Waals surface area contributed by atoms with Crippen molar-refractivity contribution in [3.63, 3.8) is 0 Å². The van der Waals surface area contributed by atoms with E-state index in [9.17, 15) is 0 Å². The van der Waals surface area contributed by atoms with Crippen molar-refractivity contribution in [1.29, 1.82) is 0 Å². The first-order valence-corrected chi connectivity index (χ1v) is 23.3. The summed E-state index contributed by atoms with van der Waals surface area (Å²) in [5.74, 6) is 5.92. The molecular weight excluding hydrogens is 1260 g/mol. The molecule has 0 atom stereocenters. The van der Waals surface area contributed by atoms with E-state index < -0.39 is 0 Å². The zero-order chi connectivity index (χ0) is 45.2. The van der Waals surface area contributed by atoms with Crippen LogP contribution < -0.4 is 51.7 Å². The molecule has 8 nitrogen and oxygen atoms in total. The first kappa shape index (κ1) is 43.6. The average Bonchev–Trinajstić information content (AvgIpc) is 4.22. The topological polar surface area (TPSA) is 72.6 Å². The van der Waals surface area contributed by atoms with Crippen molar-refractivity contribution < 1.29 is 61.1 Å². The van der Waals surface area contributed by atoms with Gasteiger partial charge in [0.1, 0.15) is 23.0 Å². The van der Waals surface area contributed by atoms with Gasteiger partial charge in [0, 0.05) is 99.6 Å². The van der Waals surface area contributed by atoms with Gasteiger partial charge in [-0.05, 0) is 46.8 Å². The molecule has 7 heterocycles. The Labute approximate surface area is 442 Å². The second-order valence-electron chi connectivity index (χ2n) is 17.3. The van der Waals surface area contributed by atoms with Gasteiger partial charge in [-0.25, -0.2) is 12.1 Å². The Kier molecular flexibility index (Phi) is 10.5. The Morgan fingerprint density at radius 1 is 0.394 bits per heavy atom. The van der Waals surface area contributed by atoms with Crippen molar-refractivity contribution in [2.24, 2.45) is 0 Å². The fourth-order valence-corrected chi connectivity index (χ4v) is 10.8. The molecule has 0 aliphatic carbocycles. The molecule has 11 aromatic rings. The summed E-state index contributed by atoms with van der Waals surface area (Å²) in [5.41, 5.74) is 13.8. The molecule has 0 unspecified atom stereocenters. The number of thiophene rings is 1. The zero-order valence-electron chi connectivity index (χ0n) is 36.8. The monoisotopic (exact) mass is 1290 g/mol. The maximum Gasteiger partial charge on any atom is 0.214 e. The third-order valence-electron chi connectivity index (χ3n) is 13.3. The van der Waals surface area contributed by atoms with E-state index in [1.54, 1.807) is 0 Å². The second-order valence-corrected chi connectivity index (χ2v) is 18.1. The summed E-state index contributed by atoms with van der Waals surface area (Å²) in [6.07, 6.45) is 7.82. The second kappa shape index (κ2) is 17.2. The van der Waals surface area contributed by atoms with E-state index in [4.69, 9.17) is 29.1 Å². The van der Waals surface area contributed by atoms with E-state index in [1.165, 1.54) is 11.3 Å². The molecule has 0 N–H and O–H groups in total. The molecule has 0 fully saturated rings. The Bertz CT molecular complexity index is 3640. The minimum Gasteiger partial charge on any atom is -0.518 e. The van der Waals surface area contributed by atoms with Crippen LogP contribution in [-0.4, -0.2) is 33.0 Å². The van der Waals surface area contributed by atoms with E-state index in [1.807, 2.05) is 155 Å². The van der Waals surface area contributed by atoms with Gasteiger partial charge in [-0.3, -0.25) is 14.7 Å². The van der Waals surface area contributed by atoms with Crippen LogP contribution in [0.25, 0.3) is 55.2 Å². The van der Waals surface area contributed by atoms with E-state index in [0.29, 0.717) is 0 Å². The standard InChI is InChI=1S/C58H28B2N4O4S.2Pt/c1-3-9-35(10-4-1)40-30-61-63(32-40)42-19-23-50-46(28-42)59-44-25-37(17-21-48(44)65-52-13-7-15-54(67-50)57(52)59)39-27-56(69-34-39)38-18-22-49-45(26-38)60-47-29-43(64-33-41(31-62-64)36-11-5-2-6-12-36)20-24-51(47)68-55-16-8-14-53(66-49)58(55)60;;/h1-24,30-33H;;/q-6;;. The number of aromatic nitrogens is 4. The van der Waals surface area contributed by atoms with E-state index in [-0.39, 0.29) is 55.6 Å². The smallest absolute Gasteiger partial charge is 0.214 e. The number of benzene rings is 8. The molecule has 8 aromatic carbocycles. The molecule has 0 spiro atoms. The average molecular weight is 1290 g/mol. The van der Waals surface area contributed by atoms with Gasteiger partial charge in [0.05, 0.1) is 12.4 Å². The van der Waals surface area contributed by atoms with Crippen LogP contribution in [0.3, 0.4) is 0 Å². The van der Waals surface area contributed by atoms with Gasteiger partial charge < -0.3 is 47.5 Å². The molecule has 0 saturated heterocycles. The number of hydrogen-bond acceptors (Lipinski definition) is 7. The summed E-state index contributed by atoms with van der Waals surface area (Å²) in [4.78, 5) is 0.889. The Morgan fingerprint density at radius 3 is 1.30 bits per heavy atom. The van der Waals surface area contributed by atoms with Crippen molar-refractivity contribution in [1.82, 2.24) is 19.6 Å². The SMILES string of the molecule is [Pt].[Pt].[c-]1sc(-c2[c-]c3c(cc2)Oc2cccc4c2B3c2[c-]c(-n3cc(-c5ccccc5)cn3)ccc2O4)[c-]c1-c1[c-]c2c(cc1)Oc1cccc3c1B2c1[c-]c(-n2cc(-c4ccccc4)cn2)ccc1O3. The summed E-state index contributed by atoms with van der Waals surface area (Å²) in [5, 5.41) is 13.0. The largest absolute Gasteiger partial charge is 0.518 e. The van der Waals surface area contributed by atoms with Gasteiger partial charge in [0.15, 0.2) is 0 Å². The molecular formula is C58H28B2N4O4Pt2S-6. The predicted octanol–water partition coefficient (Wildman–Crippen LogP) is 9.04. The van der Waals surface area contributed by atoms with Gasteiger partial charge in [-0.15, -0.1) is 70.4 Å². The predicted molar refractivity (Wildman–Crippen MR) is 269 cm³/mol. The molecule has 0 radical (unpaired) electrons. The van der Waals surface area contributed by atoms with Crippen LogP contribution in [0.1, 0.15) is 0 Å². The Balaban J connectivity index is 0.00000246. The van der Waals surface area contributed by atoms with Crippen LogP contribution in [0, 0.1) is 35.7 Å². The molecule has 0 amide bonds. The maximum absolute atomic E-state index is 6.57. The first-order valence-electron chi connectivity index (χ1n) is 22.5. The molecule has 71 heavy (non-hydrogen) atoms. The van der Waals surface area contributed by atoms with Gasteiger partial charge in [-0.1, -0.05) is 72.8 Å². The molecule has 13 heteroatoms. The van der Waals surface area contributed by atoms with Gasteiger partial charge >= 0.3 is 0 Å². The van der Waals surface area contributed by atoms with Crippen LogP contribution in [0.5, 0.6) is 46.0 Å². The van der Waals surface area contributed by atoms with Crippen LogP contribution >= 0.6 is 11.3 Å². The summed E-state index contributed by atoms with van der Waals surface area (Å²) < 4.78 is 29.9. The third-order valence-corrected chi connectivity index (χ3v) is 14.1. The molecule has 342 valence electrons. The van der Waals surface area contributed by atoms with Crippen molar-refractivity contribution >= 4 is 57.5 Å². The minimum absolute atomic E-state index is 0.